The molecule has 0 aliphatic carbocycles. The second-order valence-corrected chi connectivity index (χ2v) is 13.7. The molecule has 0 unspecified atom stereocenters. The average molecular weight is 693 g/mol. The predicted octanol–water partition coefficient (Wildman–Crippen LogP) is 6.21. The summed E-state index contributed by atoms with van der Waals surface area (Å²) in [6.45, 7) is 4.20. The molecule has 0 aliphatic heterocycles. The Morgan fingerprint density at radius 2 is 1.72 bits per heavy atom. The molecule has 0 spiro atoms. The number of anilines is 1. The molecule has 3 aromatic rings. The fraction of sp³-hybridized carbons (Fsp3) is 0.375. The van der Waals surface area contributed by atoms with Gasteiger partial charge < -0.3 is 15.0 Å². The van der Waals surface area contributed by atoms with Gasteiger partial charge in [0.2, 0.25) is 21.8 Å². The quantitative estimate of drug-likeness (QED) is 0.204. The number of halogens is 2. The topological polar surface area (TPSA) is 96.0 Å². The van der Waals surface area contributed by atoms with Crippen LogP contribution in [0, 0.1) is 0 Å². The Labute approximate surface area is 268 Å². The Hall–Kier alpha value is -3.08. The summed E-state index contributed by atoms with van der Waals surface area (Å²) in [5, 5.41) is 3.34. The highest BCUT2D eigenvalue weighted by molar-refractivity contribution is 9.10. The van der Waals surface area contributed by atoms with Crippen molar-refractivity contribution < 1.29 is 22.7 Å². The number of amides is 2. The molecule has 0 saturated heterocycles. The van der Waals surface area contributed by atoms with Crippen LogP contribution in [0.5, 0.6) is 5.75 Å². The minimum atomic E-state index is -3.67. The maximum atomic E-state index is 14.0. The standard InChI is InChI=1S/C32H39BrClN3O5S/c1-5-23(2)35-32(39)29(20-24-11-7-6-8-12-24)36(22-25-13-9-14-26(33)19-25)31(38)15-10-18-37(43(4,40)41)27-16-17-30(42-3)28(34)21-27/h6-9,11-14,16-17,19,21,23,29H,5,10,15,18,20,22H2,1-4H3,(H,35,39)/t23-,29-/m1/s1. The number of hydrogen-bond donors (Lipinski definition) is 1. The molecule has 3 aromatic carbocycles. The number of nitrogens with zero attached hydrogens (tertiary/aromatic N) is 2. The van der Waals surface area contributed by atoms with Crippen molar-refractivity contribution in [2.75, 3.05) is 24.2 Å². The molecule has 0 radical (unpaired) electrons. The summed E-state index contributed by atoms with van der Waals surface area (Å²) in [5.74, 6) is -0.0500. The van der Waals surface area contributed by atoms with E-state index in [1.54, 1.807) is 17.0 Å². The van der Waals surface area contributed by atoms with Gasteiger partial charge in [-0.15, -0.1) is 0 Å². The van der Waals surface area contributed by atoms with Crippen molar-refractivity contribution >= 4 is 55.1 Å². The smallest absolute Gasteiger partial charge is 0.243 e. The summed E-state index contributed by atoms with van der Waals surface area (Å²) >= 11 is 9.77. The van der Waals surface area contributed by atoms with Crippen LogP contribution in [0.3, 0.4) is 0 Å². The molecule has 0 fully saturated rings. The maximum Gasteiger partial charge on any atom is 0.243 e. The Kier molecular flexibility index (Phi) is 12.9. The Morgan fingerprint density at radius 1 is 1.02 bits per heavy atom. The second-order valence-electron chi connectivity index (χ2n) is 10.4. The van der Waals surface area contributed by atoms with E-state index in [9.17, 15) is 18.0 Å². The number of nitrogens with one attached hydrogen (secondary N) is 1. The van der Waals surface area contributed by atoms with Crippen LogP contribution in [0.25, 0.3) is 0 Å². The van der Waals surface area contributed by atoms with Crippen molar-refractivity contribution in [3.05, 3.63) is 93.4 Å². The zero-order valence-corrected chi connectivity index (χ0v) is 28.1. The molecule has 3 rings (SSSR count). The van der Waals surface area contributed by atoms with Crippen LogP contribution >= 0.6 is 27.5 Å². The Morgan fingerprint density at radius 3 is 2.33 bits per heavy atom. The average Bonchev–Trinajstić information content (AvgIpc) is 2.96. The summed E-state index contributed by atoms with van der Waals surface area (Å²) in [7, 11) is -2.19. The van der Waals surface area contributed by atoms with Gasteiger partial charge >= 0.3 is 0 Å². The first-order chi connectivity index (χ1) is 20.4. The third-order valence-corrected chi connectivity index (χ3v) is 9.07. The van der Waals surface area contributed by atoms with Crippen LogP contribution in [0.4, 0.5) is 5.69 Å². The molecule has 2 atom stereocenters. The third kappa shape index (κ3) is 10.3. The van der Waals surface area contributed by atoms with Gasteiger partial charge in [-0.2, -0.15) is 0 Å². The number of carbonyl (C=O) groups excluding carboxylic acids is 2. The van der Waals surface area contributed by atoms with E-state index < -0.39 is 16.1 Å². The van der Waals surface area contributed by atoms with Crippen molar-refractivity contribution in [2.24, 2.45) is 0 Å². The molecule has 8 nitrogen and oxygen atoms in total. The molecular formula is C32H39BrClN3O5S. The number of methoxy groups -OCH3 is 1. The van der Waals surface area contributed by atoms with Crippen LogP contribution in [-0.4, -0.2) is 57.1 Å². The van der Waals surface area contributed by atoms with E-state index in [0.717, 1.165) is 28.3 Å². The second kappa shape index (κ2) is 16.1. The van der Waals surface area contributed by atoms with E-state index in [1.807, 2.05) is 68.4 Å². The first-order valence-electron chi connectivity index (χ1n) is 14.1. The highest BCUT2D eigenvalue weighted by Gasteiger charge is 2.31. The van der Waals surface area contributed by atoms with Crippen molar-refractivity contribution in [1.29, 1.82) is 0 Å². The van der Waals surface area contributed by atoms with Gasteiger partial charge in [-0.05, 0) is 61.2 Å². The summed E-state index contributed by atoms with van der Waals surface area (Å²) in [6, 6.07) is 21.1. The van der Waals surface area contributed by atoms with E-state index >= 15 is 0 Å². The molecule has 43 heavy (non-hydrogen) atoms. The summed E-state index contributed by atoms with van der Waals surface area (Å²) in [5.41, 5.74) is 2.17. The largest absolute Gasteiger partial charge is 0.495 e. The van der Waals surface area contributed by atoms with Gasteiger partial charge in [-0.1, -0.05) is 76.9 Å². The van der Waals surface area contributed by atoms with E-state index in [4.69, 9.17) is 16.3 Å². The van der Waals surface area contributed by atoms with Gasteiger partial charge in [0.05, 0.1) is 24.1 Å². The predicted molar refractivity (Wildman–Crippen MR) is 176 cm³/mol. The number of sulfonamides is 1. The first-order valence-corrected chi connectivity index (χ1v) is 17.1. The fourth-order valence-corrected chi connectivity index (χ4v) is 6.30. The van der Waals surface area contributed by atoms with Crippen LogP contribution < -0.4 is 14.4 Å². The minimum absolute atomic E-state index is 0.0335. The van der Waals surface area contributed by atoms with Crippen LogP contribution in [0.1, 0.15) is 44.2 Å². The summed E-state index contributed by atoms with van der Waals surface area (Å²) in [6.07, 6.45) is 2.46. The van der Waals surface area contributed by atoms with Crippen molar-refractivity contribution in [3.63, 3.8) is 0 Å². The number of rotatable bonds is 15. The molecule has 11 heteroatoms. The zero-order chi connectivity index (χ0) is 31.6. The summed E-state index contributed by atoms with van der Waals surface area (Å²) in [4.78, 5) is 29.2. The lowest BCUT2D eigenvalue weighted by Crippen LogP contribution is -2.52. The lowest BCUT2D eigenvalue weighted by molar-refractivity contribution is -0.141. The van der Waals surface area contributed by atoms with Gasteiger partial charge in [-0.3, -0.25) is 13.9 Å². The highest BCUT2D eigenvalue weighted by Crippen LogP contribution is 2.30. The van der Waals surface area contributed by atoms with E-state index in [1.165, 1.54) is 17.5 Å². The monoisotopic (exact) mass is 691 g/mol. The maximum absolute atomic E-state index is 14.0. The zero-order valence-electron chi connectivity index (χ0n) is 24.9. The molecule has 232 valence electrons. The van der Waals surface area contributed by atoms with Gasteiger partial charge in [0.25, 0.3) is 0 Å². The van der Waals surface area contributed by atoms with E-state index in [-0.39, 0.29) is 48.8 Å². The third-order valence-electron chi connectivity index (χ3n) is 7.09. The van der Waals surface area contributed by atoms with Crippen LogP contribution in [0.15, 0.2) is 77.3 Å². The summed E-state index contributed by atoms with van der Waals surface area (Å²) < 4.78 is 32.7. The van der Waals surface area contributed by atoms with Crippen molar-refractivity contribution in [3.8, 4) is 5.75 Å². The van der Waals surface area contributed by atoms with Crippen molar-refractivity contribution in [1.82, 2.24) is 10.2 Å². The number of carbonyl (C=O) groups is 2. The van der Waals surface area contributed by atoms with Gasteiger partial charge in [0, 0.05) is 36.4 Å². The van der Waals surface area contributed by atoms with Crippen LogP contribution in [0.2, 0.25) is 5.02 Å². The van der Waals surface area contributed by atoms with E-state index in [2.05, 4.69) is 21.2 Å². The number of ether oxygens (including phenoxy) is 1. The van der Waals surface area contributed by atoms with Gasteiger partial charge in [0.1, 0.15) is 11.8 Å². The molecule has 0 aromatic heterocycles. The molecular weight excluding hydrogens is 654 g/mol. The lowest BCUT2D eigenvalue weighted by atomic mass is 10.0. The molecule has 1 N–H and O–H groups in total. The lowest BCUT2D eigenvalue weighted by Gasteiger charge is -2.33. The number of hydrogen-bond acceptors (Lipinski definition) is 5. The molecule has 0 heterocycles. The van der Waals surface area contributed by atoms with Crippen LogP contribution in [-0.2, 0) is 32.6 Å². The Balaban J connectivity index is 1.90. The van der Waals surface area contributed by atoms with Gasteiger partial charge in [0.15, 0.2) is 0 Å². The molecule has 0 bridgehead atoms. The molecule has 0 aliphatic rings. The SMILES string of the molecule is CC[C@@H](C)NC(=O)[C@@H](Cc1ccccc1)N(Cc1cccc(Br)c1)C(=O)CCCN(c1ccc(OC)c(Cl)c1)S(C)(=O)=O. The first kappa shape index (κ1) is 34.4. The molecule has 2 amide bonds. The van der Waals surface area contributed by atoms with Crippen molar-refractivity contribution in [2.45, 2.75) is 58.2 Å². The number of benzene rings is 3. The van der Waals surface area contributed by atoms with E-state index in [0.29, 0.717) is 17.9 Å². The minimum Gasteiger partial charge on any atom is -0.495 e. The fourth-order valence-electron chi connectivity index (χ4n) is 4.64. The molecule has 0 saturated carbocycles. The Bertz CT molecular complexity index is 1490. The van der Waals surface area contributed by atoms with Gasteiger partial charge in [-0.25, -0.2) is 8.42 Å². The highest BCUT2D eigenvalue weighted by atomic mass is 79.9. The normalized spacial score (nSPS) is 12.7.